The average molecular weight is 187 g/mol. The Balaban J connectivity index is 2.52. The van der Waals surface area contributed by atoms with Crippen molar-refractivity contribution in [3.63, 3.8) is 0 Å². The van der Waals surface area contributed by atoms with Crippen LogP contribution in [0.2, 0.25) is 0 Å². The third-order valence-electron chi connectivity index (χ3n) is 2.66. The molecule has 12 heavy (non-hydrogen) atoms. The molecule has 0 saturated carbocycles. The van der Waals surface area contributed by atoms with Crippen LogP contribution in [0, 0.1) is 11.8 Å². The molecule has 3 atom stereocenters. The summed E-state index contributed by atoms with van der Waals surface area (Å²) in [5, 5.41) is -0.150. The van der Waals surface area contributed by atoms with Gasteiger partial charge in [0.05, 0.1) is 5.25 Å². The van der Waals surface area contributed by atoms with Gasteiger partial charge in [0.1, 0.15) is 0 Å². The number of nitrogens with zero attached hydrogens (tertiary/aromatic N) is 1. The van der Waals surface area contributed by atoms with E-state index in [-0.39, 0.29) is 11.2 Å². The van der Waals surface area contributed by atoms with E-state index in [0.717, 1.165) is 13.1 Å². The number of amides is 1. The third kappa shape index (κ3) is 1.94. The molecule has 0 radical (unpaired) electrons. The van der Waals surface area contributed by atoms with Gasteiger partial charge in [0, 0.05) is 13.1 Å². The van der Waals surface area contributed by atoms with Gasteiger partial charge >= 0.3 is 0 Å². The van der Waals surface area contributed by atoms with Crippen LogP contribution in [-0.2, 0) is 4.79 Å². The zero-order valence-corrected chi connectivity index (χ0v) is 8.84. The molecular weight excluding hydrogens is 170 g/mol. The summed E-state index contributed by atoms with van der Waals surface area (Å²) in [5.41, 5.74) is 0. The van der Waals surface area contributed by atoms with Crippen molar-refractivity contribution in [3.05, 3.63) is 0 Å². The minimum absolute atomic E-state index is 0.150. The minimum atomic E-state index is -0.150. The van der Waals surface area contributed by atoms with Gasteiger partial charge in [0.2, 0.25) is 5.91 Å². The molecule has 2 nitrogen and oxygen atoms in total. The normalized spacial score (nSPS) is 32.2. The molecule has 0 N–H and O–H groups in total. The first-order chi connectivity index (χ1) is 5.52. The Bertz CT molecular complexity index is 171. The van der Waals surface area contributed by atoms with E-state index in [1.54, 1.807) is 0 Å². The summed E-state index contributed by atoms with van der Waals surface area (Å²) in [6.07, 6.45) is 0. The van der Waals surface area contributed by atoms with Gasteiger partial charge in [-0.2, -0.15) is 12.6 Å². The fourth-order valence-corrected chi connectivity index (χ4v) is 1.74. The highest BCUT2D eigenvalue weighted by Crippen LogP contribution is 2.22. The van der Waals surface area contributed by atoms with E-state index >= 15 is 0 Å². The van der Waals surface area contributed by atoms with Gasteiger partial charge in [-0.1, -0.05) is 13.8 Å². The number of likely N-dealkylation sites (tertiary alicyclic amines) is 1. The Kier molecular flexibility index (Phi) is 3.04. The standard InChI is InChI=1S/C9H17NOS/c1-6-4-10(5-7(6)2)9(11)8(3)12/h6-8,12H,4-5H2,1-3H3. The van der Waals surface area contributed by atoms with Crippen molar-refractivity contribution in [3.8, 4) is 0 Å². The maximum absolute atomic E-state index is 11.5. The summed E-state index contributed by atoms with van der Waals surface area (Å²) in [6, 6.07) is 0. The summed E-state index contributed by atoms with van der Waals surface area (Å²) >= 11 is 4.14. The molecule has 1 aliphatic heterocycles. The third-order valence-corrected chi connectivity index (χ3v) is 2.88. The molecule has 1 fully saturated rings. The molecule has 1 amide bonds. The maximum atomic E-state index is 11.5. The van der Waals surface area contributed by atoms with Gasteiger partial charge in [-0.3, -0.25) is 4.79 Å². The minimum Gasteiger partial charge on any atom is -0.341 e. The molecule has 0 aromatic rings. The lowest BCUT2D eigenvalue weighted by atomic mass is 10.0. The smallest absolute Gasteiger partial charge is 0.235 e. The predicted molar refractivity (Wildman–Crippen MR) is 53.4 cm³/mol. The van der Waals surface area contributed by atoms with Crippen molar-refractivity contribution in [2.45, 2.75) is 26.0 Å². The van der Waals surface area contributed by atoms with Crippen LogP contribution in [0.1, 0.15) is 20.8 Å². The molecule has 1 rings (SSSR count). The molecule has 3 heteroatoms. The van der Waals surface area contributed by atoms with Crippen LogP contribution in [0.3, 0.4) is 0 Å². The van der Waals surface area contributed by atoms with Gasteiger partial charge in [-0.05, 0) is 18.8 Å². The maximum Gasteiger partial charge on any atom is 0.235 e. The number of hydrogen-bond acceptors (Lipinski definition) is 2. The number of thiol groups is 1. The summed E-state index contributed by atoms with van der Waals surface area (Å²) in [5.74, 6) is 1.46. The lowest BCUT2D eigenvalue weighted by Gasteiger charge is -2.17. The second-order valence-electron chi connectivity index (χ2n) is 3.87. The molecule has 0 spiro atoms. The molecule has 70 valence electrons. The first-order valence-electron chi connectivity index (χ1n) is 4.49. The molecule has 0 aromatic carbocycles. The number of carbonyl (C=O) groups is 1. The van der Waals surface area contributed by atoms with Crippen molar-refractivity contribution in [2.24, 2.45) is 11.8 Å². The largest absolute Gasteiger partial charge is 0.341 e. The number of hydrogen-bond donors (Lipinski definition) is 1. The molecule has 1 heterocycles. The van der Waals surface area contributed by atoms with Crippen molar-refractivity contribution in [2.75, 3.05) is 13.1 Å². The quantitative estimate of drug-likeness (QED) is 0.616. The van der Waals surface area contributed by atoms with E-state index < -0.39 is 0 Å². The van der Waals surface area contributed by atoms with Crippen LogP contribution in [0.5, 0.6) is 0 Å². The fraction of sp³-hybridized carbons (Fsp3) is 0.889. The van der Waals surface area contributed by atoms with Crippen LogP contribution in [0.15, 0.2) is 0 Å². The van der Waals surface area contributed by atoms with Crippen LogP contribution >= 0.6 is 12.6 Å². The molecule has 0 bridgehead atoms. The van der Waals surface area contributed by atoms with Gasteiger partial charge in [0.15, 0.2) is 0 Å². The lowest BCUT2D eigenvalue weighted by molar-refractivity contribution is -0.129. The van der Waals surface area contributed by atoms with Gasteiger partial charge in [-0.25, -0.2) is 0 Å². The lowest BCUT2D eigenvalue weighted by Crippen LogP contribution is -2.33. The second-order valence-corrected chi connectivity index (χ2v) is 4.65. The SMILES string of the molecule is CC(S)C(=O)N1CC(C)C(C)C1. The number of rotatable bonds is 1. The topological polar surface area (TPSA) is 20.3 Å². The summed E-state index contributed by atoms with van der Waals surface area (Å²) in [6.45, 7) is 8.04. The van der Waals surface area contributed by atoms with E-state index in [0.29, 0.717) is 11.8 Å². The Morgan fingerprint density at radius 3 is 2.17 bits per heavy atom. The molecule has 1 saturated heterocycles. The van der Waals surface area contributed by atoms with Crippen molar-refractivity contribution in [1.82, 2.24) is 4.90 Å². The first kappa shape index (κ1) is 9.90. The van der Waals surface area contributed by atoms with E-state index in [1.807, 2.05) is 11.8 Å². The Labute approximate surface area is 79.7 Å². The Hall–Kier alpha value is -0.180. The zero-order valence-electron chi connectivity index (χ0n) is 7.95. The highest BCUT2D eigenvalue weighted by atomic mass is 32.1. The van der Waals surface area contributed by atoms with Crippen LogP contribution in [0.4, 0.5) is 0 Å². The molecular formula is C9H17NOS. The van der Waals surface area contributed by atoms with Crippen LogP contribution in [0.25, 0.3) is 0 Å². The molecule has 3 unspecified atom stereocenters. The van der Waals surface area contributed by atoms with E-state index in [4.69, 9.17) is 0 Å². The van der Waals surface area contributed by atoms with Crippen molar-refractivity contribution in [1.29, 1.82) is 0 Å². The fourth-order valence-electron chi connectivity index (χ4n) is 1.57. The van der Waals surface area contributed by atoms with Gasteiger partial charge < -0.3 is 4.90 Å². The van der Waals surface area contributed by atoms with Crippen molar-refractivity contribution >= 4 is 18.5 Å². The Morgan fingerprint density at radius 2 is 1.83 bits per heavy atom. The Morgan fingerprint density at radius 1 is 1.42 bits per heavy atom. The summed E-state index contributed by atoms with van der Waals surface area (Å²) in [7, 11) is 0. The van der Waals surface area contributed by atoms with Crippen molar-refractivity contribution < 1.29 is 4.79 Å². The highest BCUT2D eigenvalue weighted by molar-refractivity contribution is 7.81. The highest BCUT2D eigenvalue weighted by Gasteiger charge is 2.30. The van der Waals surface area contributed by atoms with Gasteiger partial charge in [-0.15, -0.1) is 0 Å². The monoisotopic (exact) mass is 187 g/mol. The molecule has 1 aliphatic rings. The van der Waals surface area contributed by atoms with Gasteiger partial charge in [0.25, 0.3) is 0 Å². The van der Waals surface area contributed by atoms with E-state index in [1.165, 1.54) is 0 Å². The van der Waals surface area contributed by atoms with E-state index in [9.17, 15) is 4.79 Å². The van der Waals surface area contributed by atoms with Crippen LogP contribution in [-0.4, -0.2) is 29.1 Å². The summed E-state index contributed by atoms with van der Waals surface area (Å²) < 4.78 is 0. The van der Waals surface area contributed by atoms with Crippen LogP contribution < -0.4 is 0 Å². The van der Waals surface area contributed by atoms with E-state index in [2.05, 4.69) is 26.5 Å². The molecule has 0 aliphatic carbocycles. The summed E-state index contributed by atoms with van der Waals surface area (Å²) in [4.78, 5) is 13.4. The second kappa shape index (κ2) is 3.69. The zero-order chi connectivity index (χ0) is 9.30. The first-order valence-corrected chi connectivity index (χ1v) is 5.01. The molecule has 0 aromatic heterocycles. The number of carbonyl (C=O) groups excluding carboxylic acids is 1. The predicted octanol–water partition coefficient (Wildman–Crippen LogP) is 1.42. The average Bonchev–Trinajstić information content (AvgIpc) is 2.30.